The molecule has 2 aromatic rings. The molecule has 0 fully saturated rings. The molecule has 0 radical (unpaired) electrons. The summed E-state index contributed by atoms with van der Waals surface area (Å²) in [5.74, 6) is 1.40. The number of hydrogen-bond donors (Lipinski definition) is 2. The van der Waals surface area contributed by atoms with E-state index in [2.05, 4.69) is 5.32 Å². The van der Waals surface area contributed by atoms with Crippen LogP contribution in [0, 0.1) is 0 Å². The van der Waals surface area contributed by atoms with E-state index in [4.69, 9.17) is 9.15 Å². The lowest BCUT2D eigenvalue weighted by atomic mass is 10.2. The van der Waals surface area contributed by atoms with Gasteiger partial charge >= 0.3 is 0 Å². The molecule has 0 aliphatic rings. The van der Waals surface area contributed by atoms with Crippen LogP contribution >= 0.6 is 0 Å². The summed E-state index contributed by atoms with van der Waals surface area (Å²) in [4.78, 5) is 0. The van der Waals surface area contributed by atoms with Crippen LogP contribution in [-0.2, 0) is 0 Å². The van der Waals surface area contributed by atoms with Crippen molar-refractivity contribution in [3.8, 4) is 5.75 Å². The molecule has 0 bridgehead atoms. The Balaban J connectivity index is 1.86. The van der Waals surface area contributed by atoms with Crippen molar-refractivity contribution in [1.82, 2.24) is 0 Å². The van der Waals surface area contributed by atoms with Gasteiger partial charge in [0.1, 0.15) is 17.6 Å². The molecule has 0 amide bonds. The molecule has 1 unspecified atom stereocenters. The van der Waals surface area contributed by atoms with Crippen molar-refractivity contribution >= 4 is 5.69 Å². The first-order valence-electron chi connectivity index (χ1n) is 6.37. The molecule has 1 heterocycles. The molecule has 2 N–H and O–H groups in total. The zero-order valence-electron chi connectivity index (χ0n) is 11.2. The fourth-order valence-electron chi connectivity index (χ4n) is 1.72. The molecule has 1 atom stereocenters. The van der Waals surface area contributed by atoms with Gasteiger partial charge in [-0.05, 0) is 50.2 Å². The lowest BCUT2D eigenvalue weighted by molar-refractivity contribution is 0.162. The van der Waals surface area contributed by atoms with Crippen LogP contribution in [0.3, 0.4) is 0 Å². The minimum atomic E-state index is -0.651. The first-order chi connectivity index (χ1) is 9.15. The summed E-state index contributed by atoms with van der Waals surface area (Å²) in [5, 5.41) is 13.0. The van der Waals surface area contributed by atoms with Gasteiger partial charge in [-0.25, -0.2) is 0 Å². The lowest BCUT2D eigenvalue weighted by Gasteiger charge is -2.12. The second kappa shape index (κ2) is 6.29. The van der Waals surface area contributed by atoms with E-state index in [-0.39, 0.29) is 6.10 Å². The highest BCUT2D eigenvalue weighted by Crippen LogP contribution is 2.18. The third kappa shape index (κ3) is 4.03. The van der Waals surface area contributed by atoms with Gasteiger partial charge < -0.3 is 19.6 Å². The van der Waals surface area contributed by atoms with Crippen LogP contribution in [0.1, 0.15) is 25.7 Å². The number of furan rings is 1. The Labute approximate surface area is 113 Å². The van der Waals surface area contributed by atoms with Crippen LogP contribution in [0.2, 0.25) is 0 Å². The number of nitrogens with one attached hydrogen (secondary N) is 1. The maximum Gasteiger partial charge on any atom is 0.134 e. The number of aliphatic hydroxyl groups is 1. The fourth-order valence-corrected chi connectivity index (χ4v) is 1.72. The molecule has 1 aromatic carbocycles. The number of ether oxygens (including phenoxy) is 1. The van der Waals surface area contributed by atoms with Gasteiger partial charge in [-0.1, -0.05) is 0 Å². The van der Waals surface area contributed by atoms with Gasteiger partial charge in [-0.2, -0.15) is 0 Å². The van der Waals surface area contributed by atoms with E-state index in [9.17, 15) is 5.11 Å². The summed E-state index contributed by atoms with van der Waals surface area (Å²) in [5.41, 5.74) is 0.932. The number of hydrogen-bond acceptors (Lipinski definition) is 4. The van der Waals surface area contributed by atoms with Crippen LogP contribution in [-0.4, -0.2) is 17.8 Å². The largest absolute Gasteiger partial charge is 0.491 e. The van der Waals surface area contributed by atoms with Crippen molar-refractivity contribution in [3.63, 3.8) is 0 Å². The highest BCUT2D eigenvalue weighted by atomic mass is 16.5. The van der Waals surface area contributed by atoms with Crippen molar-refractivity contribution in [1.29, 1.82) is 0 Å². The number of aliphatic hydroxyl groups excluding tert-OH is 1. The maximum absolute atomic E-state index is 9.86. The van der Waals surface area contributed by atoms with Gasteiger partial charge in [-0.3, -0.25) is 0 Å². The molecule has 0 aliphatic heterocycles. The van der Waals surface area contributed by atoms with Crippen LogP contribution in [0.25, 0.3) is 0 Å². The second-order valence-corrected chi connectivity index (χ2v) is 4.60. The lowest BCUT2D eigenvalue weighted by Crippen LogP contribution is -2.11. The molecule has 2 rings (SSSR count). The highest BCUT2D eigenvalue weighted by Gasteiger charge is 2.09. The van der Waals surface area contributed by atoms with Crippen molar-refractivity contribution < 1.29 is 14.3 Å². The predicted molar refractivity (Wildman–Crippen MR) is 74.4 cm³/mol. The van der Waals surface area contributed by atoms with Crippen LogP contribution in [0.5, 0.6) is 5.75 Å². The van der Waals surface area contributed by atoms with Gasteiger partial charge in [0.25, 0.3) is 0 Å². The molecule has 0 aliphatic carbocycles. The zero-order chi connectivity index (χ0) is 13.7. The minimum Gasteiger partial charge on any atom is -0.491 e. The summed E-state index contributed by atoms with van der Waals surface area (Å²) in [6.07, 6.45) is 1.07. The fraction of sp³-hybridized carbons (Fsp3) is 0.333. The molecule has 4 nitrogen and oxygen atoms in total. The Kier molecular flexibility index (Phi) is 4.47. The van der Waals surface area contributed by atoms with E-state index < -0.39 is 6.10 Å². The van der Waals surface area contributed by atoms with E-state index >= 15 is 0 Å². The van der Waals surface area contributed by atoms with Crippen molar-refractivity contribution in [2.75, 3.05) is 11.9 Å². The second-order valence-electron chi connectivity index (χ2n) is 4.60. The van der Waals surface area contributed by atoms with Gasteiger partial charge in [0.2, 0.25) is 0 Å². The number of anilines is 1. The third-order valence-corrected chi connectivity index (χ3v) is 2.60. The highest BCUT2D eigenvalue weighted by molar-refractivity contribution is 5.46. The molecule has 4 heteroatoms. The van der Waals surface area contributed by atoms with E-state index in [0.717, 1.165) is 11.4 Å². The average Bonchev–Trinajstić information content (AvgIpc) is 2.91. The Morgan fingerprint density at radius 3 is 2.53 bits per heavy atom. The van der Waals surface area contributed by atoms with E-state index in [1.165, 1.54) is 0 Å². The Hall–Kier alpha value is -1.94. The SMILES string of the molecule is CC(C)Oc1ccc(NCC(O)c2ccco2)cc1. The van der Waals surface area contributed by atoms with Gasteiger partial charge in [0, 0.05) is 12.2 Å². The first kappa shape index (κ1) is 13.5. The van der Waals surface area contributed by atoms with E-state index in [1.54, 1.807) is 18.4 Å². The van der Waals surface area contributed by atoms with Crippen LogP contribution < -0.4 is 10.1 Å². The maximum atomic E-state index is 9.86. The van der Waals surface area contributed by atoms with Crippen molar-refractivity contribution in [3.05, 3.63) is 48.4 Å². The minimum absolute atomic E-state index is 0.166. The summed E-state index contributed by atoms with van der Waals surface area (Å²) in [7, 11) is 0. The quantitative estimate of drug-likeness (QED) is 0.838. The molecular formula is C15H19NO3. The summed E-state index contributed by atoms with van der Waals surface area (Å²) in [6.45, 7) is 4.38. The third-order valence-electron chi connectivity index (χ3n) is 2.60. The topological polar surface area (TPSA) is 54.6 Å². The van der Waals surface area contributed by atoms with Crippen LogP contribution in [0.15, 0.2) is 47.1 Å². The molecule has 19 heavy (non-hydrogen) atoms. The van der Waals surface area contributed by atoms with Crippen LogP contribution in [0.4, 0.5) is 5.69 Å². The molecular weight excluding hydrogens is 242 g/mol. The molecule has 0 saturated carbocycles. The van der Waals surface area contributed by atoms with Gasteiger partial charge in [0.15, 0.2) is 0 Å². The summed E-state index contributed by atoms with van der Waals surface area (Å²) < 4.78 is 10.7. The number of benzene rings is 1. The Morgan fingerprint density at radius 1 is 1.21 bits per heavy atom. The van der Waals surface area contributed by atoms with E-state index in [0.29, 0.717) is 12.3 Å². The summed E-state index contributed by atoms with van der Waals surface area (Å²) in [6, 6.07) is 11.2. The summed E-state index contributed by atoms with van der Waals surface area (Å²) >= 11 is 0. The molecule has 1 aromatic heterocycles. The Morgan fingerprint density at radius 2 is 1.95 bits per heavy atom. The zero-order valence-corrected chi connectivity index (χ0v) is 11.2. The van der Waals surface area contributed by atoms with Crippen molar-refractivity contribution in [2.45, 2.75) is 26.1 Å². The first-order valence-corrected chi connectivity index (χ1v) is 6.37. The van der Waals surface area contributed by atoms with E-state index in [1.807, 2.05) is 38.1 Å². The number of rotatable bonds is 6. The average molecular weight is 261 g/mol. The smallest absolute Gasteiger partial charge is 0.134 e. The molecule has 0 spiro atoms. The molecule has 102 valence electrons. The standard InChI is InChI=1S/C15H19NO3/c1-11(2)19-13-7-5-12(6-8-13)16-10-14(17)15-4-3-9-18-15/h3-9,11,14,16-17H,10H2,1-2H3. The van der Waals surface area contributed by atoms with Gasteiger partial charge in [-0.15, -0.1) is 0 Å². The Bertz CT molecular complexity index is 477. The predicted octanol–water partition coefficient (Wildman–Crippen LogP) is 3.21. The van der Waals surface area contributed by atoms with Gasteiger partial charge in [0.05, 0.1) is 12.4 Å². The molecule has 0 saturated heterocycles. The van der Waals surface area contributed by atoms with Crippen molar-refractivity contribution in [2.24, 2.45) is 0 Å². The normalized spacial score (nSPS) is 12.4. The monoisotopic (exact) mass is 261 g/mol.